The summed E-state index contributed by atoms with van der Waals surface area (Å²) < 4.78 is 5.45. The van der Waals surface area contributed by atoms with Gasteiger partial charge in [-0.25, -0.2) is 4.98 Å². The summed E-state index contributed by atoms with van der Waals surface area (Å²) in [7, 11) is 0. The molecule has 0 N–H and O–H groups in total. The molecule has 1 aliphatic rings. The van der Waals surface area contributed by atoms with E-state index >= 15 is 0 Å². The second-order valence-electron chi connectivity index (χ2n) is 6.86. The lowest BCUT2D eigenvalue weighted by molar-refractivity contribution is 0.0699. The van der Waals surface area contributed by atoms with Crippen LogP contribution in [0.2, 0.25) is 0 Å². The molecule has 1 saturated heterocycles. The molecule has 1 fully saturated rings. The second kappa shape index (κ2) is 6.31. The minimum absolute atomic E-state index is 0.0442. The number of pyridine rings is 1. The lowest BCUT2D eigenvalue weighted by atomic mass is 9.97. The van der Waals surface area contributed by atoms with Gasteiger partial charge in [-0.2, -0.15) is 0 Å². The summed E-state index contributed by atoms with van der Waals surface area (Å²) in [5.41, 5.74) is 3.42. The van der Waals surface area contributed by atoms with Gasteiger partial charge < -0.3 is 9.42 Å². The third kappa shape index (κ3) is 2.90. The normalized spacial score (nSPS) is 15.7. The summed E-state index contributed by atoms with van der Waals surface area (Å²) in [6.07, 6.45) is 2.10. The van der Waals surface area contributed by atoms with Gasteiger partial charge in [-0.15, -0.1) is 0 Å². The molecule has 1 amide bonds. The average molecular weight is 335 g/mol. The van der Waals surface area contributed by atoms with Crippen LogP contribution in [0.1, 0.15) is 35.8 Å². The number of amides is 1. The third-order valence-electron chi connectivity index (χ3n) is 4.92. The van der Waals surface area contributed by atoms with Gasteiger partial charge in [-0.1, -0.05) is 42.4 Å². The molecule has 0 radical (unpaired) electrons. The Balaban J connectivity index is 1.82. The molecule has 5 heteroatoms. The Kier molecular flexibility index (Phi) is 3.99. The van der Waals surface area contributed by atoms with Crippen LogP contribution in [0.4, 0.5) is 0 Å². The number of hydrogen-bond acceptors (Lipinski definition) is 4. The van der Waals surface area contributed by atoms with Crippen LogP contribution < -0.4 is 0 Å². The molecule has 1 aromatic carbocycles. The van der Waals surface area contributed by atoms with Crippen LogP contribution in [-0.2, 0) is 0 Å². The molecule has 0 unspecified atom stereocenters. The number of nitrogens with zero attached hydrogens (tertiary/aromatic N) is 3. The van der Waals surface area contributed by atoms with E-state index in [4.69, 9.17) is 4.52 Å². The smallest absolute Gasteiger partial charge is 0.259 e. The minimum Gasteiger partial charge on any atom is -0.339 e. The maximum Gasteiger partial charge on any atom is 0.259 e. The highest BCUT2D eigenvalue weighted by Gasteiger charge is 2.26. The number of fused-ring (bicyclic) bond motifs is 1. The van der Waals surface area contributed by atoms with E-state index in [9.17, 15) is 4.79 Å². The number of aryl methyl sites for hydroxylation is 1. The zero-order valence-corrected chi connectivity index (χ0v) is 14.5. The highest BCUT2D eigenvalue weighted by molar-refractivity contribution is 6.09. The zero-order chi connectivity index (χ0) is 17.4. The highest BCUT2D eigenvalue weighted by Crippen LogP contribution is 2.31. The van der Waals surface area contributed by atoms with Crippen molar-refractivity contribution in [2.24, 2.45) is 5.92 Å². The SMILES string of the molecule is Cc1cc(C(=O)N2CCC(C)CC2)c2c(-c3ccccc3)noc2n1. The van der Waals surface area contributed by atoms with Gasteiger partial charge in [0.1, 0.15) is 5.69 Å². The van der Waals surface area contributed by atoms with Crippen molar-refractivity contribution in [3.05, 3.63) is 47.7 Å². The van der Waals surface area contributed by atoms with Crippen molar-refractivity contribution in [3.8, 4) is 11.3 Å². The van der Waals surface area contributed by atoms with Crippen LogP contribution in [0.25, 0.3) is 22.4 Å². The second-order valence-corrected chi connectivity index (χ2v) is 6.86. The summed E-state index contributed by atoms with van der Waals surface area (Å²) in [6.45, 7) is 5.72. The number of hydrogen-bond donors (Lipinski definition) is 0. The van der Waals surface area contributed by atoms with Crippen LogP contribution in [0.15, 0.2) is 40.9 Å². The van der Waals surface area contributed by atoms with Crippen molar-refractivity contribution < 1.29 is 9.32 Å². The number of aromatic nitrogens is 2. The Morgan fingerprint density at radius 3 is 2.64 bits per heavy atom. The predicted octanol–water partition coefficient (Wildman–Crippen LogP) is 4.07. The first-order chi connectivity index (χ1) is 12.1. The van der Waals surface area contributed by atoms with E-state index in [1.807, 2.05) is 48.2 Å². The van der Waals surface area contributed by atoms with Gasteiger partial charge in [0.05, 0.1) is 10.9 Å². The Morgan fingerprint density at radius 1 is 1.20 bits per heavy atom. The molecule has 0 bridgehead atoms. The van der Waals surface area contributed by atoms with Crippen molar-refractivity contribution in [1.82, 2.24) is 15.0 Å². The molecule has 0 aliphatic carbocycles. The Bertz CT molecular complexity index is 909. The molecule has 0 spiro atoms. The van der Waals surface area contributed by atoms with E-state index in [0.717, 1.165) is 37.2 Å². The molecule has 128 valence electrons. The fraction of sp³-hybridized carbons (Fsp3) is 0.350. The van der Waals surface area contributed by atoms with E-state index < -0.39 is 0 Å². The summed E-state index contributed by atoms with van der Waals surface area (Å²) >= 11 is 0. The van der Waals surface area contributed by atoms with E-state index in [2.05, 4.69) is 17.1 Å². The first-order valence-electron chi connectivity index (χ1n) is 8.75. The van der Waals surface area contributed by atoms with Crippen LogP contribution in [0, 0.1) is 12.8 Å². The lowest BCUT2D eigenvalue weighted by Gasteiger charge is -2.30. The average Bonchev–Trinajstić information content (AvgIpc) is 3.05. The molecule has 0 atom stereocenters. The number of rotatable bonds is 2. The van der Waals surface area contributed by atoms with Gasteiger partial charge in [0.25, 0.3) is 11.6 Å². The first-order valence-corrected chi connectivity index (χ1v) is 8.75. The number of carbonyl (C=O) groups is 1. The lowest BCUT2D eigenvalue weighted by Crippen LogP contribution is -2.38. The third-order valence-corrected chi connectivity index (χ3v) is 4.92. The van der Waals surface area contributed by atoms with Crippen LogP contribution in [0.3, 0.4) is 0 Å². The number of benzene rings is 1. The van der Waals surface area contributed by atoms with Gasteiger partial charge in [-0.3, -0.25) is 4.79 Å². The quantitative estimate of drug-likeness (QED) is 0.708. The van der Waals surface area contributed by atoms with Crippen LogP contribution >= 0.6 is 0 Å². The molecular formula is C20H21N3O2. The number of likely N-dealkylation sites (tertiary alicyclic amines) is 1. The molecule has 3 heterocycles. The molecule has 4 rings (SSSR count). The molecule has 0 saturated carbocycles. The van der Waals surface area contributed by atoms with Crippen molar-refractivity contribution in [2.75, 3.05) is 13.1 Å². The number of piperidine rings is 1. The standard InChI is InChI=1S/C20H21N3O2/c1-13-8-10-23(11-9-13)20(24)16-12-14(2)21-19-17(16)18(22-25-19)15-6-4-3-5-7-15/h3-7,12-13H,8-11H2,1-2H3. The van der Waals surface area contributed by atoms with Gasteiger partial charge >= 0.3 is 0 Å². The van der Waals surface area contributed by atoms with E-state index in [-0.39, 0.29) is 5.91 Å². The monoisotopic (exact) mass is 335 g/mol. The predicted molar refractivity (Wildman–Crippen MR) is 96.3 cm³/mol. The summed E-state index contributed by atoms with van der Waals surface area (Å²) in [5, 5.41) is 4.91. The van der Waals surface area contributed by atoms with Crippen molar-refractivity contribution in [3.63, 3.8) is 0 Å². The fourth-order valence-corrected chi connectivity index (χ4v) is 3.42. The Labute approximate surface area is 146 Å². The van der Waals surface area contributed by atoms with Crippen molar-refractivity contribution in [1.29, 1.82) is 0 Å². The molecule has 1 aliphatic heterocycles. The topological polar surface area (TPSA) is 59.2 Å². The Hall–Kier alpha value is -2.69. The van der Waals surface area contributed by atoms with E-state index in [0.29, 0.717) is 28.3 Å². The largest absolute Gasteiger partial charge is 0.339 e. The van der Waals surface area contributed by atoms with Crippen LogP contribution in [0.5, 0.6) is 0 Å². The highest BCUT2D eigenvalue weighted by atomic mass is 16.5. The van der Waals surface area contributed by atoms with Gasteiger partial charge in [-0.05, 0) is 31.7 Å². The molecule has 3 aromatic rings. The van der Waals surface area contributed by atoms with Crippen molar-refractivity contribution >= 4 is 17.0 Å². The van der Waals surface area contributed by atoms with Gasteiger partial charge in [0, 0.05) is 24.3 Å². The maximum atomic E-state index is 13.2. The maximum absolute atomic E-state index is 13.2. The van der Waals surface area contributed by atoms with E-state index in [1.54, 1.807) is 0 Å². The fourth-order valence-electron chi connectivity index (χ4n) is 3.42. The van der Waals surface area contributed by atoms with Gasteiger partial charge in [0.15, 0.2) is 0 Å². The Morgan fingerprint density at radius 2 is 1.92 bits per heavy atom. The summed E-state index contributed by atoms with van der Waals surface area (Å²) in [6, 6.07) is 11.6. The minimum atomic E-state index is 0.0442. The molecule has 25 heavy (non-hydrogen) atoms. The molecule has 5 nitrogen and oxygen atoms in total. The molecule has 2 aromatic heterocycles. The zero-order valence-electron chi connectivity index (χ0n) is 14.5. The van der Waals surface area contributed by atoms with Crippen LogP contribution in [-0.4, -0.2) is 34.0 Å². The van der Waals surface area contributed by atoms with E-state index in [1.165, 1.54) is 0 Å². The molecular weight excluding hydrogens is 314 g/mol. The summed E-state index contributed by atoms with van der Waals surface area (Å²) in [4.78, 5) is 19.5. The first kappa shape index (κ1) is 15.8. The number of carbonyl (C=O) groups excluding carboxylic acids is 1. The van der Waals surface area contributed by atoms with Gasteiger partial charge in [0.2, 0.25) is 0 Å². The van der Waals surface area contributed by atoms with Crippen molar-refractivity contribution in [2.45, 2.75) is 26.7 Å². The summed E-state index contributed by atoms with van der Waals surface area (Å²) in [5.74, 6) is 0.724.